The van der Waals surface area contributed by atoms with Crippen LogP contribution in [0.15, 0.2) is 48.5 Å². The lowest BCUT2D eigenvalue weighted by atomic mass is 9.97. The molecule has 0 aliphatic heterocycles. The van der Waals surface area contributed by atoms with Crippen LogP contribution in [0.25, 0.3) is 0 Å². The Kier molecular flexibility index (Phi) is 4.56. The van der Waals surface area contributed by atoms with Crippen molar-refractivity contribution in [1.82, 2.24) is 0 Å². The van der Waals surface area contributed by atoms with Gasteiger partial charge >= 0.3 is 0 Å². The molecule has 1 N–H and O–H groups in total. The number of phenols is 1. The van der Waals surface area contributed by atoms with E-state index in [1.54, 1.807) is 12.1 Å². The summed E-state index contributed by atoms with van der Waals surface area (Å²) in [6.07, 6.45) is 1.14. The molecule has 21 heavy (non-hydrogen) atoms. The molecule has 0 fully saturated rings. The van der Waals surface area contributed by atoms with E-state index in [-0.39, 0.29) is 5.75 Å². The fourth-order valence-electron chi connectivity index (χ4n) is 2.32. The third-order valence-corrected chi connectivity index (χ3v) is 4.00. The van der Waals surface area contributed by atoms with Crippen molar-refractivity contribution in [3.05, 3.63) is 59.7 Å². The minimum absolute atomic E-state index is 0.271. The quantitative estimate of drug-likeness (QED) is 0.815. The molecule has 2 aromatic rings. The Balaban J connectivity index is 2.14. The van der Waals surface area contributed by atoms with Gasteiger partial charge < -0.3 is 9.84 Å². The molecule has 0 heterocycles. The molecular weight excluding hydrogens is 260 g/mol. The molecule has 0 saturated heterocycles. The van der Waals surface area contributed by atoms with E-state index in [0.717, 1.165) is 17.7 Å². The SMILES string of the molecule is CCC(C)c1ccc(OC(C)(C)c2ccc(O)cc2)cc1. The number of benzene rings is 2. The topological polar surface area (TPSA) is 29.5 Å². The van der Waals surface area contributed by atoms with Gasteiger partial charge in [-0.1, -0.05) is 38.1 Å². The first-order valence-corrected chi connectivity index (χ1v) is 7.51. The van der Waals surface area contributed by atoms with Gasteiger partial charge in [-0.05, 0) is 61.6 Å². The number of rotatable bonds is 5. The first kappa shape index (κ1) is 15.4. The van der Waals surface area contributed by atoms with E-state index in [1.807, 2.05) is 38.1 Å². The number of hydrogen-bond donors (Lipinski definition) is 1. The Hall–Kier alpha value is -1.96. The lowest BCUT2D eigenvalue weighted by Gasteiger charge is -2.27. The monoisotopic (exact) mass is 284 g/mol. The summed E-state index contributed by atoms with van der Waals surface area (Å²) in [5.74, 6) is 1.71. The van der Waals surface area contributed by atoms with E-state index in [4.69, 9.17) is 4.74 Å². The normalized spacial score (nSPS) is 13.0. The zero-order chi connectivity index (χ0) is 15.5. The van der Waals surface area contributed by atoms with E-state index < -0.39 is 5.60 Å². The van der Waals surface area contributed by atoms with Crippen molar-refractivity contribution in [2.75, 3.05) is 0 Å². The predicted molar refractivity (Wildman–Crippen MR) is 86.9 cm³/mol. The maximum atomic E-state index is 9.38. The Morgan fingerprint density at radius 2 is 1.57 bits per heavy atom. The molecule has 0 aliphatic rings. The molecule has 0 amide bonds. The van der Waals surface area contributed by atoms with Gasteiger partial charge in [0.25, 0.3) is 0 Å². The largest absolute Gasteiger partial charge is 0.508 e. The summed E-state index contributed by atoms with van der Waals surface area (Å²) < 4.78 is 6.11. The minimum atomic E-state index is -0.439. The Labute approximate surface area is 127 Å². The van der Waals surface area contributed by atoms with Gasteiger partial charge in [-0.25, -0.2) is 0 Å². The van der Waals surface area contributed by atoms with Gasteiger partial charge in [0.1, 0.15) is 17.1 Å². The molecule has 0 saturated carbocycles. The third kappa shape index (κ3) is 3.78. The number of ether oxygens (including phenoxy) is 1. The average molecular weight is 284 g/mol. The molecule has 2 rings (SSSR count). The van der Waals surface area contributed by atoms with Crippen LogP contribution in [0.1, 0.15) is 51.2 Å². The molecule has 1 unspecified atom stereocenters. The second kappa shape index (κ2) is 6.21. The Morgan fingerprint density at radius 1 is 1.00 bits per heavy atom. The van der Waals surface area contributed by atoms with Crippen molar-refractivity contribution in [3.8, 4) is 11.5 Å². The van der Waals surface area contributed by atoms with Gasteiger partial charge in [-0.15, -0.1) is 0 Å². The average Bonchev–Trinajstić information content (AvgIpc) is 2.47. The van der Waals surface area contributed by atoms with E-state index >= 15 is 0 Å². The third-order valence-electron chi connectivity index (χ3n) is 4.00. The van der Waals surface area contributed by atoms with Gasteiger partial charge in [0.2, 0.25) is 0 Å². The van der Waals surface area contributed by atoms with Crippen LogP contribution in [0, 0.1) is 0 Å². The van der Waals surface area contributed by atoms with Crippen molar-refractivity contribution in [2.45, 2.75) is 45.6 Å². The molecule has 0 spiro atoms. The molecule has 0 radical (unpaired) electrons. The zero-order valence-electron chi connectivity index (χ0n) is 13.3. The second-order valence-electron chi connectivity index (χ2n) is 6.04. The first-order chi connectivity index (χ1) is 9.92. The van der Waals surface area contributed by atoms with Crippen molar-refractivity contribution < 1.29 is 9.84 Å². The zero-order valence-corrected chi connectivity index (χ0v) is 13.3. The Bertz CT molecular complexity index is 568. The van der Waals surface area contributed by atoms with Crippen molar-refractivity contribution in [3.63, 3.8) is 0 Å². The smallest absolute Gasteiger partial charge is 0.128 e. The molecule has 0 aliphatic carbocycles. The van der Waals surface area contributed by atoms with Gasteiger partial charge in [0.15, 0.2) is 0 Å². The van der Waals surface area contributed by atoms with Crippen LogP contribution in [0.3, 0.4) is 0 Å². The molecule has 1 atom stereocenters. The molecule has 0 bridgehead atoms. The van der Waals surface area contributed by atoms with Crippen molar-refractivity contribution >= 4 is 0 Å². The fourth-order valence-corrected chi connectivity index (χ4v) is 2.32. The van der Waals surface area contributed by atoms with Crippen LogP contribution < -0.4 is 4.74 Å². The van der Waals surface area contributed by atoms with Gasteiger partial charge in [-0.2, -0.15) is 0 Å². The summed E-state index contributed by atoms with van der Waals surface area (Å²) in [5.41, 5.74) is 1.93. The summed E-state index contributed by atoms with van der Waals surface area (Å²) in [5, 5.41) is 9.38. The van der Waals surface area contributed by atoms with Crippen LogP contribution in [-0.4, -0.2) is 5.11 Å². The van der Waals surface area contributed by atoms with Crippen LogP contribution in [0.5, 0.6) is 11.5 Å². The minimum Gasteiger partial charge on any atom is -0.508 e. The molecule has 2 heteroatoms. The highest BCUT2D eigenvalue weighted by atomic mass is 16.5. The molecule has 112 valence electrons. The second-order valence-corrected chi connectivity index (χ2v) is 6.04. The maximum Gasteiger partial charge on any atom is 0.128 e. The van der Waals surface area contributed by atoms with Crippen LogP contribution >= 0.6 is 0 Å². The highest BCUT2D eigenvalue weighted by molar-refractivity contribution is 5.33. The van der Waals surface area contributed by atoms with Gasteiger partial charge in [0.05, 0.1) is 0 Å². The van der Waals surface area contributed by atoms with Crippen molar-refractivity contribution in [1.29, 1.82) is 0 Å². The van der Waals surface area contributed by atoms with Gasteiger partial charge in [-0.3, -0.25) is 0 Å². The van der Waals surface area contributed by atoms with Crippen LogP contribution in [-0.2, 0) is 5.60 Å². The van der Waals surface area contributed by atoms with Crippen LogP contribution in [0.4, 0.5) is 0 Å². The summed E-state index contributed by atoms with van der Waals surface area (Å²) in [7, 11) is 0. The van der Waals surface area contributed by atoms with Crippen molar-refractivity contribution in [2.24, 2.45) is 0 Å². The predicted octanol–water partition coefficient (Wildman–Crippen LogP) is 5.22. The highest BCUT2D eigenvalue weighted by Crippen LogP contribution is 2.30. The molecule has 0 aromatic heterocycles. The van der Waals surface area contributed by atoms with E-state index in [9.17, 15) is 5.11 Å². The molecular formula is C19H24O2. The maximum absolute atomic E-state index is 9.38. The number of aromatic hydroxyl groups is 1. The standard InChI is InChI=1S/C19H24O2/c1-5-14(2)15-6-12-18(13-7-15)21-19(3,4)16-8-10-17(20)11-9-16/h6-14,20H,5H2,1-4H3. The summed E-state index contributed by atoms with van der Waals surface area (Å²) in [4.78, 5) is 0. The van der Waals surface area contributed by atoms with E-state index in [2.05, 4.69) is 26.0 Å². The van der Waals surface area contributed by atoms with E-state index in [1.165, 1.54) is 5.56 Å². The lowest BCUT2D eigenvalue weighted by Crippen LogP contribution is -2.25. The number of hydrogen-bond acceptors (Lipinski definition) is 2. The van der Waals surface area contributed by atoms with E-state index in [0.29, 0.717) is 5.92 Å². The Morgan fingerprint density at radius 3 is 2.10 bits per heavy atom. The molecule has 2 aromatic carbocycles. The van der Waals surface area contributed by atoms with Gasteiger partial charge in [0, 0.05) is 0 Å². The summed E-state index contributed by atoms with van der Waals surface area (Å²) in [6.45, 7) is 8.49. The van der Waals surface area contributed by atoms with Crippen LogP contribution in [0.2, 0.25) is 0 Å². The first-order valence-electron chi connectivity index (χ1n) is 7.51. The summed E-state index contributed by atoms with van der Waals surface area (Å²) >= 11 is 0. The summed E-state index contributed by atoms with van der Waals surface area (Å²) in [6, 6.07) is 15.5. The fraction of sp³-hybridized carbons (Fsp3) is 0.368. The molecule has 2 nitrogen and oxygen atoms in total. The lowest BCUT2D eigenvalue weighted by molar-refractivity contribution is 0.109. The highest BCUT2D eigenvalue weighted by Gasteiger charge is 2.22. The number of phenolic OH excluding ortho intramolecular Hbond substituents is 1.